The van der Waals surface area contributed by atoms with Gasteiger partial charge < -0.3 is 15.6 Å². The monoisotopic (exact) mass is 616 g/mol. The van der Waals surface area contributed by atoms with Crippen LogP contribution in [0, 0.1) is 12.3 Å². The van der Waals surface area contributed by atoms with Crippen molar-refractivity contribution in [1.82, 2.24) is 30.4 Å². The molecule has 8 nitrogen and oxygen atoms in total. The normalized spacial score (nSPS) is 12.6. The van der Waals surface area contributed by atoms with Gasteiger partial charge in [-0.25, -0.2) is 4.98 Å². The highest BCUT2D eigenvalue weighted by Gasteiger charge is 2.43. The first-order valence-electron chi connectivity index (χ1n) is 12.3. The summed E-state index contributed by atoms with van der Waals surface area (Å²) in [4.78, 5) is 31.2. The Morgan fingerprint density at radius 1 is 0.929 bits per heavy atom. The van der Waals surface area contributed by atoms with Crippen LogP contribution < -0.4 is 10.6 Å². The molecule has 2 heterocycles. The smallest absolute Gasteiger partial charge is 0.352 e. The molecule has 2 aromatic heterocycles. The first kappa shape index (κ1) is 34.4. The van der Waals surface area contributed by atoms with Gasteiger partial charge in [0.1, 0.15) is 12.4 Å². The molecule has 0 bridgehead atoms. The summed E-state index contributed by atoms with van der Waals surface area (Å²) in [5.41, 5.74) is 0.253. The Morgan fingerprint density at radius 3 is 2.10 bits per heavy atom. The summed E-state index contributed by atoms with van der Waals surface area (Å²) in [5, 5.41) is 8.57. The fourth-order valence-electron chi connectivity index (χ4n) is 3.11. The Bertz CT molecular complexity index is 1350. The second kappa shape index (κ2) is 13.0. The minimum Gasteiger partial charge on any atom is -0.352 e. The Balaban J connectivity index is 0.000000675. The minimum atomic E-state index is -4.47. The van der Waals surface area contributed by atoms with Gasteiger partial charge in [-0.3, -0.25) is 14.3 Å². The number of rotatable bonds is 8. The topological polar surface area (TPSA) is 105 Å². The van der Waals surface area contributed by atoms with E-state index in [1.165, 1.54) is 6.92 Å². The number of aromatic amines is 1. The van der Waals surface area contributed by atoms with Gasteiger partial charge in [-0.05, 0) is 24.6 Å². The van der Waals surface area contributed by atoms with Gasteiger partial charge in [0.05, 0.1) is 41.2 Å². The number of H-pyrrole nitrogens is 1. The largest absolute Gasteiger partial charge is 0.408 e. The molecule has 234 valence electrons. The average Bonchev–Trinajstić information content (AvgIpc) is 3.40. The van der Waals surface area contributed by atoms with Crippen LogP contribution in [0.2, 0.25) is 0 Å². The molecule has 3 aromatic rings. The van der Waals surface area contributed by atoms with Crippen molar-refractivity contribution in [2.45, 2.75) is 78.7 Å². The van der Waals surface area contributed by atoms with E-state index in [0.717, 1.165) is 27.0 Å². The number of halogens is 9. The van der Waals surface area contributed by atoms with Crippen LogP contribution in [0.25, 0.3) is 11.0 Å². The number of nitrogens with one attached hydrogen (secondary N) is 3. The van der Waals surface area contributed by atoms with Crippen LogP contribution in [0.15, 0.2) is 24.4 Å². The molecule has 0 saturated carbocycles. The molecule has 17 heteroatoms. The van der Waals surface area contributed by atoms with Crippen molar-refractivity contribution in [2.75, 3.05) is 0 Å². The van der Waals surface area contributed by atoms with E-state index in [1.807, 2.05) is 0 Å². The fourth-order valence-corrected chi connectivity index (χ4v) is 3.11. The SMILES string of the molecule is CC(C)(C)C(F)(F)F.Cc1c(C(=O)NCc2nc3ccc(CNC(=O)CCC(F)(F)F)cc3[nH]2)cnn1CC(F)(F)F. The number of hydrogen-bond donors (Lipinski definition) is 3. The van der Waals surface area contributed by atoms with Crippen molar-refractivity contribution in [1.29, 1.82) is 0 Å². The number of hydrogen-bond acceptors (Lipinski definition) is 4. The molecule has 0 aliphatic heterocycles. The zero-order valence-corrected chi connectivity index (χ0v) is 22.9. The summed E-state index contributed by atoms with van der Waals surface area (Å²) >= 11 is 0. The van der Waals surface area contributed by atoms with Crippen LogP contribution in [0.3, 0.4) is 0 Å². The number of fused-ring (bicyclic) bond motifs is 1. The molecule has 0 fully saturated rings. The quantitative estimate of drug-likeness (QED) is 0.266. The third kappa shape index (κ3) is 10.9. The van der Waals surface area contributed by atoms with Crippen molar-refractivity contribution < 1.29 is 49.1 Å². The molecule has 3 N–H and O–H groups in total. The van der Waals surface area contributed by atoms with Crippen LogP contribution in [-0.2, 0) is 24.4 Å². The molecule has 0 aliphatic carbocycles. The van der Waals surface area contributed by atoms with Crippen molar-refractivity contribution >= 4 is 22.8 Å². The first-order valence-corrected chi connectivity index (χ1v) is 12.3. The second-order valence-electron chi connectivity index (χ2n) is 10.3. The molecule has 0 atom stereocenters. The van der Waals surface area contributed by atoms with E-state index < -0.39 is 55.1 Å². The predicted molar refractivity (Wildman–Crippen MR) is 133 cm³/mol. The highest BCUT2D eigenvalue weighted by Crippen LogP contribution is 2.36. The van der Waals surface area contributed by atoms with Gasteiger partial charge in [0.15, 0.2) is 0 Å². The van der Waals surface area contributed by atoms with Crippen LogP contribution in [-0.4, -0.2) is 50.1 Å². The lowest BCUT2D eigenvalue weighted by Gasteiger charge is -2.21. The number of aromatic nitrogens is 4. The molecule has 2 amide bonds. The molecule has 0 saturated heterocycles. The van der Waals surface area contributed by atoms with Crippen LogP contribution >= 0.6 is 0 Å². The van der Waals surface area contributed by atoms with E-state index >= 15 is 0 Å². The summed E-state index contributed by atoms with van der Waals surface area (Å²) in [6, 6.07) is 4.94. The van der Waals surface area contributed by atoms with E-state index in [0.29, 0.717) is 27.1 Å². The van der Waals surface area contributed by atoms with Gasteiger partial charge in [0, 0.05) is 18.7 Å². The Hall–Kier alpha value is -3.79. The maximum Gasteiger partial charge on any atom is 0.408 e. The molecule has 42 heavy (non-hydrogen) atoms. The summed E-state index contributed by atoms with van der Waals surface area (Å²) < 4.78 is 110. The molecule has 0 spiro atoms. The lowest BCUT2D eigenvalue weighted by molar-refractivity contribution is -0.204. The standard InChI is InChI=1S/C20H20F6N6O2.C5H9F3/c1-11-13(8-29-32(11)10-20(24,25)26)18(34)28-9-16-30-14-3-2-12(6-15(14)31-16)7-27-17(33)4-5-19(21,22)23;1-4(2,3)5(6,7)8/h2-3,6,8H,4-5,7,9-10H2,1H3,(H,27,33)(H,28,34)(H,30,31);1-3H3. The van der Waals surface area contributed by atoms with Crippen LogP contribution in [0.1, 0.15) is 61.1 Å². The molecular weight excluding hydrogens is 587 g/mol. The van der Waals surface area contributed by atoms with E-state index in [1.54, 1.807) is 18.2 Å². The number of carbonyl (C=O) groups is 2. The number of benzene rings is 1. The fraction of sp³-hybridized carbons (Fsp3) is 0.520. The van der Waals surface area contributed by atoms with Gasteiger partial charge >= 0.3 is 18.5 Å². The molecule has 0 unspecified atom stereocenters. The van der Waals surface area contributed by atoms with E-state index in [9.17, 15) is 49.1 Å². The zero-order chi connectivity index (χ0) is 32.1. The van der Waals surface area contributed by atoms with Crippen LogP contribution in [0.5, 0.6) is 0 Å². The Labute approximate surface area is 234 Å². The lowest BCUT2D eigenvalue weighted by atomic mass is 9.96. The molecule has 1 aromatic carbocycles. The highest BCUT2D eigenvalue weighted by atomic mass is 19.4. The van der Waals surface area contributed by atoms with Gasteiger partial charge in [-0.2, -0.15) is 44.6 Å². The summed E-state index contributed by atoms with van der Waals surface area (Å²) in [6.07, 6.45) is -13.7. The third-order valence-corrected chi connectivity index (χ3v) is 5.66. The summed E-state index contributed by atoms with van der Waals surface area (Å²) in [6.45, 7) is 3.48. The molecule has 0 radical (unpaired) electrons. The number of nitrogens with zero attached hydrogens (tertiary/aromatic N) is 3. The van der Waals surface area contributed by atoms with Crippen molar-refractivity contribution in [3.63, 3.8) is 0 Å². The molecular formula is C25H29F9N6O2. The third-order valence-electron chi connectivity index (χ3n) is 5.66. The van der Waals surface area contributed by atoms with E-state index in [4.69, 9.17) is 0 Å². The summed E-state index contributed by atoms with van der Waals surface area (Å²) in [7, 11) is 0. The Morgan fingerprint density at radius 2 is 1.55 bits per heavy atom. The lowest BCUT2D eigenvalue weighted by Crippen LogP contribution is -2.28. The number of carbonyl (C=O) groups excluding carboxylic acids is 2. The highest BCUT2D eigenvalue weighted by molar-refractivity contribution is 5.95. The van der Waals surface area contributed by atoms with Gasteiger partial charge in [0.25, 0.3) is 5.91 Å². The van der Waals surface area contributed by atoms with Gasteiger partial charge in [-0.15, -0.1) is 0 Å². The number of imidazole rings is 1. The second-order valence-corrected chi connectivity index (χ2v) is 10.3. The Kier molecular flexibility index (Phi) is 10.7. The van der Waals surface area contributed by atoms with Crippen LogP contribution in [0.4, 0.5) is 39.5 Å². The van der Waals surface area contributed by atoms with Gasteiger partial charge in [-0.1, -0.05) is 26.8 Å². The zero-order valence-electron chi connectivity index (χ0n) is 22.9. The molecule has 3 rings (SSSR count). The minimum absolute atomic E-state index is 0.00362. The predicted octanol–water partition coefficient (Wildman–Crippen LogP) is 6.11. The maximum atomic E-state index is 12.6. The van der Waals surface area contributed by atoms with Gasteiger partial charge in [0.2, 0.25) is 5.91 Å². The van der Waals surface area contributed by atoms with Crippen molar-refractivity contribution in [3.8, 4) is 0 Å². The first-order chi connectivity index (χ1) is 19.1. The number of alkyl halides is 9. The number of amides is 2. The summed E-state index contributed by atoms with van der Waals surface area (Å²) in [5.74, 6) is -0.969. The van der Waals surface area contributed by atoms with Crippen molar-refractivity contribution in [2.24, 2.45) is 5.41 Å². The van der Waals surface area contributed by atoms with E-state index in [2.05, 4.69) is 25.7 Å². The van der Waals surface area contributed by atoms with Crippen molar-refractivity contribution in [3.05, 3.63) is 47.0 Å². The average molecular weight is 617 g/mol. The maximum absolute atomic E-state index is 12.6. The van der Waals surface area contributed by atoms with E-state index in [-0.39, 0.29) is 24.3 Å². The molecule has 0 aliphatic rings.